The molecule has 0 bridgehead atoms. The predicted octanol–water partition coefficient (Wildman–Crippen LogP) is 0.585. The molecule has 66 valence electrons. The molecule has 0 atom stereocenters. The second kappa shape index (κ2) is 2.58. The molecule has 0 spiro atoms. The maximum absolute atomic E-state index is 11.4. The van der Waals surface area contributed by atoms with E-state index >= 15 is 0 Å². The molecule has 0 amide bonds. The van der Waals surface area contributed by atoms with Crippen molar-refractivity contribution < 1.29 is 0 Å². The van der Waals surface area contributed by atoms with Crippen LogP contribution >= 0.6 is 0 Å². The van der Waals surface area contributed by atoms with Crippen molar-refractivity contribution in [3.63, 3.8) is 0 Å². The fraction of sp³-hybridized carbons (Fsp3) is 0.111. The van der Waals surface area contributed by atoms with Gasteiger partial charge in [0.15, 0.2) is 5.65 Å². The number of nitrogens with zero attached hydrogens (tertiary/aromatic N) is 2. The predicted molar refractivity (Wildman–Crippen MR) is 50.6 cm³/mol. The molecule has 0 fully saturated rings. The van der Waals surface area contributed by atoms with Crippen LogP contribution in [0.3, 0.4) is 0 Å². The maximum atomic E-state index is 11.4. The van der Waals surface area contributed by atoms with Crippen LogP contribution in [0.2, 0.25) is 0 Å². The quantitative estimate of drug-likeness (QED) is 0.637. The van der Waals surface area contributed by atoms with Crippen LogP contribution in [-0.4, -0.2) is 9.38 Å². The van der Waals surface area contributed by atoms with Crippen LogP contribution < -0.4 is 11.3 Å². The molecular weight excluding hydrogens is 166 g/mol. The highest BCUT2D eigenvalue weighted by atomic mass is 16.1. The summed E-state index contributed by atoms with van der Waals surface area (Å²) in [4.78, 5) is 15.6. The largest absolute Gasteiger partial charge is 0.396 e. The molecule has 4 heteroatoms. The van der Waals surface area contributed by atoms with Gasteiger partial charge in [-0.05, 0) is 19.1 Å². The third-order valence-corrected chi connectivity index (χ3v) is 1.85. The molecular formula is C9H9N3O. The lowest BCUT2D eigenvalue weighted by atomic mass is 10.3. The van der Waals surface area contributed by atoms with Gasteiger partial charge in [-0.25, -0.2) is 4.98 Å². The normalized spacial score (nSPS) is 10.5. The first-order chi connectivity index (χ1) is 6.18. The highest BCUT2D eigenvalue weighted by Crippen LogP contribution is 2.07. The highest BCUT2D eigenvalue weighted by Gasteiger charge is 2.00. The van der Waals surface area contributed by atoms with Gasteiger partial charge in [0.05, 0.1) is 5.69 Å². The van der Waals surface area contributed by atoms with Crippen LogP contribution in [0.4, 0.5) is 5.69 Å². The first-order valence-corrected chi connectivity index (χ1v) is 3.93. The van der Waals surface area contributed by atoms with Gasteiger partial charge < -0.3 is 5.73 Å². The third-order valence-electron chi connectivity index (χ3n) is 1.85. The molecule has 0 aliphatic heterocycles. The standard InChI is InChI=1S/C9H9N3O/c1-6-5-8(13)12-4-2-3-7(10)9(12)11-6/h2-5H,10H2,1H3. The van der Waals surface area contributed by atoms with E-state index in [1.165, 1.54) is 10.5 Å². The second-order valence-electron chi connectivity index (χ2n) is 2.89. The first-order valence-electron chi connectivity index (χ1n) is 3.93. The summed E-state index contributed by atoms with van der Waals surface area (Å²) >= 11 is 0. The van der Waals surface area contributed by atoms with Crippen molar-refractivity contribution in [3.05, 3.63) is 40.4 Å². The third kappa shape index (κ3) is 1.16. The van der Waals surface area contributed by atoms with E-state index in [0.29, 0.717) is 17.0 Å². The van der Waals surface area contributed by atoms with Gasteiger partial charge in [0.1, 0.15) is 0 Å². The number of anilines is 1. The Morgan fingerprint density at radius 3 is 3.08 bits per heavy atom. The van der Waals surface area contributed by atoms with Crippen LogP contribution in [-0.2, 0) is 0 Å². The average Bonchev–Trinajstić information content (AvgIpc) is 2.07. The number of rotatable bonds is 0. The minimum atomic E-state index is -0.102. The van der Waals surface area contributed by atoms with Crippen molar-refractivity contribution in [1.82, 2.24) is 9.38 Å². The Balaban J connectivity index is 3.03. The van der Waals surface area contributed by atoms with E-state index in [0.717, 1.165) is 0 Å². The van der Waals surface area contributed by atoms with E-state index in [1.54, 1.807) is 25.3 Å². The lowest BCUT2D eigenvalue weighted by molar-refractivity contribution is 1.02. The van der Waals surface area contributed by atoms with Gasteiger partial charge >= 0.3 is 0 Å². The lowest BCUT2D eigenvalue weighted by Gasteiger charge is -2.02. The van der Waals surface area contributed by atoms with E-state index in [1.807, 2.05) is 0 Å². The molecule has 2 rings (SSSR count). The fourth-order valence-corrected chi connectivity index (χ4v) is 1.26. The number of nitrogens with two attached hydrogens (primary N) is 1. The topological polar surface area (TPSA) is 60.4 Å². The van der Waals surface area contributed by atoms with Crippen molar-refractivity contribution in [2.45, 2.75) is 6.92 Å². The Bertz CT molecular complexity index is 516. The molecule has 2 aromatic heterocycles. The van der Waals surface area contributed by atoms with E-state index < -0.39 is 0 Å². The number of nitrogen functional groups attached to an aromatic ring is 1. The van der Waals surface area contributed by atoms with Crippen LogP contribution in [0.1, 0.15) is 5.69 Å². The molecule has 0 saturated heterocycles. The van der Waals surface area contributed by atoms with Crippen molar-refractivity contribution in [1.29, 1.82) is 0 Å². The molecule has 4 nitrogen and oxygen atoms in total. The molecule has 0 aliphatic carbocycles. The summed E-state index contributed by atoms with van der Waals surface area (Å²) in [5.74, 6) is 0. The summed E-state index contributed by atoms with van der Waals surface area (Å²) in [5.41, 5.74) is 7.29. The number of hydrogen-bond donors (Lipinski definition) is 1. The zero-order valence-electron chi connectivity index (χ0n) is 7.19. The van der Waals surface area contributed by atoms with Crippen molar-refractivity contribution >= 4 is 11.3 Å². The van der Waals surface area contributed by atoms with Gasteiger partial charge in [-0.15, -0.1) is 0 Å². The summed E-state index contributed by atoms with van der Waals surface area (Å²) in [5, 5.41) is 0. The zero-order chi connectivity index (χ0) is 9.42. The minimum Gasteiger partial charge on any atom is -0.396 e. The average molecular weight is 175 g/mol. The fourth-order valence-electron chi connectivity index (χ4n) is 1.26. The SMILES string of the molecule is Cc1cc(=O)n2cccc(N)c2n1. The lowest BCUT2D eigenvalue weighted by Crippen LogP contribution is -2.15. The molecule has 0 aliphatic rings. The zero-order valence-corrected chi connectivity index (χ0v) is 7.19. The van der Waals surface area contributed by atoms with Crippen molar-refractivity contribution in [3.8, 4) is 0 Å². The summed E-state index contributed by atoms with van der Waals surface area (Å²) in [6, 6.07) is 4.92. The van der Waals surface area contributed by atoms with Gasteiger partial charge in [-0.3, -0.25) is 9.20 Å². The Morgan fingerprint density at radius 2 is 2.31 bits per heavy atom. The van der Waals surface area contributed by atoms with Gasteiger partial charge in [-0.1, -0.05) is 0 Å². The van der Waals surface area contributed by atoms with Crippen LogP contribution in [0.5, 0.6) is 0 Å². The minimum absolute atomic E-state index is 0.102. The molecule has 13 heavy (non-hydrogen) atoms. The van der Waals surface area contributed by atoms with Crippen molar-refractivity contribution in [2.24, 2.45) is 0 Å². The Kier molecular flexibility index (Phi) is 1.55. The molecule has 0 unspecified atom stereocenters. The summed E-state index contributed by atoms with van der Waals surface area (Å²) in [7, 11) is 0. The monoisotopic (exact) mass is 175 g/mol. The number of pyridine rings is 1. The van der Waals surface area contributed by atoms with Crippen molar-refractivity contribution in [2.75, 3.05) is 5.73 Å². The van der Waals surface area contributed by atoms with Crippen LogP contribution in [0.15, 0.2) is 29.2 Å². The van der Waals surface area contributed by atoms with Gasteiger partial charge in [0, 0.05) is 18.0 Å². The molecule has 2 aromatic rings. The highest BCUT2D eigenvalue weighted by molar-refractivity contribution is 5.63. The van der Waals surface area contributed by atoms with Crippen LogP contribution in [0.25, 0.3) is 5.65 Å². The maximum Gasteiger partial charge on any atom is 0.258 e. The first kappa shape index (κ1) is 7.79. The number of fused-ring (bicyclic) bond motifs is 1. The van der Waals surface area contributed by atoms with E-state index in [4.69, 9.17) is 5.73 Å². The molecule has 0 radical (unpaired) electrons. The second-order valence-corrected chi connectivity index (χ2v) is 2.89. The molecule has 0 aromatic carbocycles. The van der Waals surface area contributed by atoms with Crippen LogP contribution in [0, 0.1) is 6.92 Å². The van der Waals surface area contributed by atoms with Gasteiger partial charge in [-0.2, -0.15) is 0 Å². The Labute approximate surface area is 74.6 Å². The van der Waals surface area contributed by atoms with E-state index in [2.05, 4.69) is 4.98 Å². The molecule has 0 saturated carbocycles. The number of hydrogen-bond acceptors (Lipinski definition) is 3. The summed E-state index contributed by atoms with van der Waals surface area (Å²) < 4.78 is 1.43. The van der Waals surface area contributed by atoms with E-state index in [9.17, 15) is 4.79 Å². The smallest absolute Gasteiger partial charge is 0.258 e. The summed E-state index contributed by atoms with van der Waals surface area (Å²) in [6.07, 6.45) is 1.65. The Morgan fingerprint density at radius 1 is 1.54 bits per heavy atom. The summed E-state index contributed by atoms with van der Waals surface area (Å²) in [6.45, 7) is 1.77. The van der Waals surface area contributed by atoms with Gasteiger partial charge in [0.25, 0.3) is 5.56 Å². The Hall–Kier alpha value is -1.84. The van der Waals surface area contributed by atoms with Gasteiger partial charge in [0.2, 0.25) is 0 Å². The molecule has 2 N–H and O–H groups in total. The molecule has 2 heterocycles. The number of aryl methyl sites for hydroxylation is 1. The number of aromatic nitrogens is 2. The van der Waals surface area contributed by atoms with E-state index in [-0.39, 0.29) is 5.56 Å².